The van der Waals surface area contributed by atoms with Crippen LogP contribution in [0.3, 0.4) is 0 Å². The van der Waals surface area contributed by atoms with Gasteiger partial charge >= 0.3 is 5.97 Å². The van der Waals surface area contributed by atoms with Crippen LogP contribution in [0.1, 0.15) is 22.3 Å². The number of carboxylic acids is 1. The molecule has 2 atom stereocenters. The van der Waals surface area contributed by atoms with Crippen LogP contribution < -0.4 is 10.6 Å². The van der Waals surface area contributed by atoms with Gasteiger partial charge in [0.15, 0.2) is 0 Å². The minimum Gasteiger partial charge on any atom is -0.507 e. The van der Waals surface area contributed by atoms with E-state index in [0.29, 0.717) is 5.75 Å². The van der Waals surface area contributed by atoms with Crippen molar-refractivity contribution in [2.24, 2.45) is 0 Å². The Morgan fingerprint density at radius 2 is 1.57 bits per heavy atom. The van der Waals surface area contributed by atoms with E-state index >= 15 is 0 Å². The van der Waals surface area contributed by atoms with Crippen molar-refractivity contribution in [1.82, 2.24) is 10.6 Å². The summed E-state index contributed by atoms with van der Waals surface area (Å²) in [5.41, 5.74) is 0.790. The smallest absolute Gasteiger partial charge is 0.326 e. The molecule has 8 heteroatoms. The van der Waals surface area contributed by atoms with E-state index in [4.69, 9.17) is 0 Å². The zero-order valence-corrected chi connectivity index (χ0v) is 15.9. The molecule has 2 aromatic rings. The molecule has 7 nitrogen and oxygen atoms in total. The molecule has 148 valence electrons. The number of aromatic hydroxyl groups is 1. The Morgan fingerprint density at radius 3 is 2.18 bits per heavy atom. The maximum absolute atomic E-state index is 12.6. The molecule has 0 fully saturated rings. The zero-order valence-electron chi connectivity index (χ0n) is 15.0. The molecular weight excluding hydrogens is 380 g/mol. The molecule has 0 aliphatic heterocycles. The summed E-state index contributed by atoms with van der Waals surface area (Å²) in [6.45, 7) is 0. The molecule has 1 unspecified atom stereocenters. The van der Waals surface area contributed by atoms with Crippen LogP contribution in [0.2, 0.25) is 0 Å². The van der Waals surface area contributed by atoms with E-state index in [1.165, 1.54) is 12.1 Å². The van der Waals surface area contributed by atoms with Crippen molar-refractivity contribution in [3.05, 3.63) is 65.7 Å². The standard InChI is InChI=1S/C20H22N2O5S/c23-17-9-5-4-8-14(17)18(24)21-15(10-11-28)19(25)22-16(20(26)27)12-13-6-2-1-3-7-13/h1-9,15-16,23,28H,10-12H2,(H,21,24)(H,22,25)(H,26,27)/t15?,16-/m1/s1. The van der Waals surface area contributed by atoms with Gasteiger partial charge in [-0.05, 0) is 29.9 Å². The van der Waals surface area contributed by atoms with Gasteiger partial charge in [0.2, 0.25) is 5.91 Å². The number of hydrogen-bond donors (Lipinski definition) is 5. The van der Waals surface area contributed by atoms with Crippen LogP contribution in [0.15, 0.2) is 54.6 Å². The second kappa shape index (κ2) is 10.4. The van der Waals surface area contributed by atoms with Gasteiger partial charge in [-0.3, -0.25) is 9.59 Å². The van der Waals surface area contributed by atoms with Crippen molar-refractivity contribution in [2.45, 2.75) is 24.9 Å². The Labute approximate surface area is 168 Å². The number of carbonyl (C=O) groups excluding carboxylic acids is 2. The molecule has 0 aliphatic carbocycles. The molecule has 2 aromatic carbocycles. The van der Waals surface area contributed by atoms with E-state index in [-0.39, 0.29) is 24.2 Å². The molecule has 0 saturated carbocycles. The van der Waals surface area contributed by atoms with Crippen LogP contribution in [-0.4, -0.2) is 45.8 Å². The molecule has 0 heterocycles. The Balaban J connectivity index is 2.08. The van der Waals surface area contributed by atoms with E-state index in [1.54, 1.807) is 36.4 Å². The number of para-hydroxylation sites is 1. The lowest BCUT2D eigenvalue weighted by molar-refractivity contribution is -0.142. The molecule has 2 rings (SSSR count). The molecule has 0 bridgehead atoms. The van der Waals surface area contributed by atoms with Crippen molar-refractivity contribution in [3.8, 4) is 5.75 Å². The maximum Gasteiger partial charge on any atom is 0.326 e. The van der Waals surface area contributed by atoms with E-state index in [9.17, 15) is 24.6 Å². The number of thiol groups is 1. The van der Waals surface area contributed by atoms with Gasteiger partial charge in [-0.15, -0.1) is 0 Å². The minimum atomic E-state index is -1.17. The molecule has 0 aromatic heterocycles. The van der Waals surface area contributed by atoms with Gasteiger partial charge in [0.25, 0.3) is 5.91 Å². The Kier molecular flexibility index (Phi) is 7.88. The molecule has 0 spiro atoms. The first-order valence-corrected chi connectivity index (χ1v) is 9.32. The SMILES string of the molecule is O=C(NC(CCS)C(=O)N[C@H](Cc1ccccc1)C(=O)O)c1ccccc1O. The van der Waals surface area contributed by atoms with E-state index in [2.05, 4.69) is 23.3 Å². The number of phenolic OH excluding ortho intramolecular Hbond substituents is 1. The topological polar surface area (TPSA) is 116 Å². The summed E-state index contributed by atoms with van der Waals surface area (Å²) in [5.74, 6) is -2.34. The van der Waals surface area contributed by atoms with Crippen molar-refractivity contribution in [2.75, 3.05) is 5.75 Å². The Bertz CT molecular complexity index is 828. The van der Waals surface area contributed by atoms with E-state index in [1.807, 2.05) is 6.07 Å². The second-order valence-corrected chi connectivity index (χ2v) is 6.59. The molecule has 0 saturated heterocycles. The van der Waals surface area contributed by atoms with Crippen molar-refractivity contribution >= 4 is 30.4 Å². The summed E-state index contributed by atoms with van der Waals surface area (Å²) in [6, 6.07) is 12.8. The number of benzene rings is 2. The highest BCUT2D eigenvalue weighted by atomic mass is 32.1. The summed E-state index contributed by atoms with van der Waals surface area (Å²) in [7, 11) is 0. The first-order chi connectivity index (χ1) is 13.4. The van der Waals surface area contributed by atoms with Gasteiger partial charge in [0, 0.05) is 6.42 Å². The van der Waals surface area contributed by atoms with Gasteiger partial charge in [0.05, 0.1) is 5.56 Å². The van der Waals surface area contributed by atoms with E-state index < -0.39 is 29.9 Å². The molecule has 0 aliphatic rings. The quantitative estimate of drug-likeness (QED) is 0.409. The summed E-state index contributed by atoms with van der Waals surface area (Å²) in [5, 5.41) is 24.2. The lowest BCUT2D eigenvalue weighted by atomic mass is 10.1. The highest BCUT2D eigenvalue weighted by Crippen LogP contribution is 2.15. The molecule has 28 heavy (non-hydrogen) atoms. The monoisotopic (exact) mass is 402 g/mol. The lowest BCUT2D eigenvalue weighted by Gasteiger charge is -2.21. The number of nitrogens with one attached hydrogen (secondary N) is 2. The summed E-state index contributed by atoms with van der Waals surface area (Å²) >= 11 is 4.10. The maximum atomic E-state index is 12.6. The van der Waals surface area contributed by atoms with Gasteiger partial charge in [-0.25, -0.2) is 4.79 Å². The van der Waals surface area contributed by atoms with Gasteiger partial charge in [-0.2, -0.15) is 12.6 Å². The van der Waals surface area contributed by atoms with Crippen LogP contribution in [0.4, 0.5) is 0 Å². The number of rotatable bonds is 9. The Morgan fingerprint density at radius 1 is 0.929 bits per heavy atom. The number of amides is 2. The zero-order chi connectivity index (χ0) is 20.5. The number of carboxylic acid groups (broad SMARTS) is 1. The third-order valence-corrected chi connectivity index (χ3v) is 4.34. The summed E-state index contributed by atoms with van der Waals surface area (Å²) < 4.78 is 0. The Hall–Kier alpha value is -3.00. The fourth-order valence-electron chi connectivity index (χ4n) is 2.62. The fraction of sp³-hybridized carbons (Fsp3) is 0.250. The number of phenols is 1. The third-order valence-electron chi connectivity index (χ3n) is 4.09. The largest absolute Gasteiger partial charge is 0.507 e. The van der Waals surface area contributed by atoms with Crippen LogP contribution >= 0.6 is 12.6 Å². The molecule has 2 amide bonds. The van der Waals surface area contributed by atoms with Crippen molar-refractivity contribution in [1.29, 1.82) is 0 Å². The predicted molar refractivity (Wildman–Crippen MR) is 108 cm³/mol. The van der Waals surface area contributed by atoms with Crippen LogP contribution in [0.25, 0.3) is 0 Å². The summed E-state index contributed by atoms with van der Waals surface area (Å²) in [4.78, 5) is 36.5. The number of hydrogen-bond acceptors (Lipinski definition) is 5. The summed E-state index contributed by atoms with van der Waals surface area (Å²) in [6.07, 6.45) is 0.314. The predicted octanol–water partition coefficient (Wildman–Crippen LogP) is 1.62. The highest BCUT2D eigenvalue weighted by Gasteiger charge is 2.27. The number of carbonyl (C=O) groups is 3. The van der Waals surface area contributed by atoms with Crippen molar-refractivity contribution < 1.29 is 24.6 Å². The average molecular weight is 402 g/mol. The number of aliphatic carboxylic acids is 1. The van der Waals surface area contributed by atoms with Crippen LogP contribution in [-0.2, 0) is 16.0 Å². The first kappa shape index (κ1) is 21.3. The highest BCUT2D eigenvalue weighted by molar-refractivity contribution is 7.80. The minimum absolute atomic E-state index is 0.0264. The molecular formula is C20H22N2O5S. The molecule has 4 N–H and O–H groups in total. The first-order valence-electron chi connectivity index (χ1n) is 8.69. The van der Waals surface area contributed by atoms with Gasteiger partial charge in [-0.1, -0.05) is 42.5 Å². The second-order valence-electron chi connectivity index (χ2n) is 6.14. The van der Waals surface area contributed by atoms with Crippen molar-refractivity contribution in [3.63, 3.8) is 0 Å². The average Bonchev–Trinajstić information content (AvgIpc) is 2.68. The van der Waals surface area contributed by atoms with Crippen LogP contribution in [0, 0.1) is 0 Å². The van der Waals surface area contributed by atoms with Gasteiger partial charge in [0.1, 0.15) is 17.8 Å². The lowest BCUT2D eigenvalue weighted by Crippen LogP contribution is -2.52. The van der Waals surface area contributed by atoms with E-state index in [0.717, 1.165) is 5.56 Å². The third kappa shape index (κ3) is 6.02. The fourth-order valence-corrected chi connectivity index (χ4v) is 2.88. The normalized spacial score (nSPS) is 12.6. The van der Waals surface area contributed by atoms with Gasteiger partial charge < -0.3 is 20.8 Å². The molecule has 0 radical (unpaired) electrons. The van der Waals surface area contributed by atoms with Crippen LogP contribution in [0.5, 0.6) is 5.75 Å².